The summed E-state index contributed by atoms with van der Waals surface area (Å²) in [6, 6.07) is -1.08. The molecule has 0 radical (unpaired) electrons. The molecule has 1 heterocycles. The maximum absolute atomic E-state index is 14.0. The Labute approximate surface area is 318 Å². The van der Waals surface area contributed by atoms with E-state index in [4.69, 9.17) is 0 Å². The molecule has 7 atom stereocenters. The van der Waals surface area contributed by atoms with E-state index in [0.29, 0.717) is 32.1 Å². The molecule has 16 nitrogen and oxygen atoms in total. The lowest BCUT2D eigenvalue weighted by atomic mass is 9.99. The Kier molecular flexibility index (Phi) is 18.2. The van der Waals surface area contributed by atoms with E-state index in [1.807, 2.05) is 13.8 Å². The van der Waals surface area contributed by atoms with E-state index in [0.717, 1.165) is 5.56 Å². The highest BCUT2D eigenvalue weighted by molar-refractivity contribution is 5.96. The molecule has 0 spiro atoms. The van der Waals surface area contributed by atoms with Crippen LogP contribution >= 0.6 is 0 Å². The number of hydrogen-bond acceptors (Lipinski definition) is 8. The van der Waals surface area contributed by atoms with E-state index in [-0.39, 0.29) is 31.1 Å². The lowest BCUT2D eigenvalue weighted by molar-refractivity contribution is -0.142. The van der Waals surface area contributed by atoms with Gasteiger partial charge in [0.1, 0.15) is 42.0 Å². The zero-order chi connectivity index (χ0) is 40.7. The van der Waals surface area contributed by atoms with E-state index < -0.39 is 89.6 Å². The molecule has 54 heavy (non-hydrogen) atoms. The minimum atomic E-state index is -1.22. The number of carbonyl (C=O) groups excluding carboxylic acids is 6. The van der Waals surface area contributed by atoms with Gasteiger partial charge in [-0.3, -0.25) is 24.0 Å². The van der Waals surface area contributed by atoms with Crippen LogP contribution in [0.25, 0.3) is 0 Å². The van der Waals surface area contributed by atoms with Crippen molar-refractivity contribution in [1.82, 2.24) is 36.8 Å². The molecule has 1 aliphatic rings. The van der Waals surface area contributed by atoms with Crippen LogP contribution in [0.1, 0.15) is 92.6 Å². The third-order valence-electron chi connectivity index (χ3n) is 9.77. The summed E-state index contributed by atoms with van der Waals surface area (Å²) in [6.45, 7) is 12.4. The van der Waals surface area contributed by atoms with Crippen molar-refractivity contribution in [2.24, 2.45) is 17.8 Å². The second-order valence-electron chi connectivity index (χ2n) is 15.0. The maximum Gasteiger partial charge on any atom is 0.326 e. The van der Waals surface area contributed by atoms with Crippen LogP contribution in [0.5, 0.6) is 5.75 Å². The minimum Gasteiger partial charge on any atom is -0.508 e. The van der Waals surface area contributed by atoms with Crippen molar-refractivity contribution in [3.05, 3.63) is 29.8 Å². The number of nitrogens with one attached hydrogen (secondary N) is 6. The topological polar surface area (TPSA) is 235 Å². The number of benzene rings is 1. The number of likely N-dealkylation sites (N-methyl/N-ethyl adjacent to an activating group) is 1. The number of phenols is 1. The summed E-state index contributed by atoms with van der Waals surface area (Å²) in [5.74, 6) is -4.87. The van der Waals surface area contributed by atoms with Crippen molar-refractivity contribution in [3.8, 4) is 5.75 Å². The quantitative estimate of drug-likeness (QED) is 0.164. The number of carboxylic acids is 1. The van der Waals surface area contributed by atoms with Crippen LogP contribution in [-0.2, 0) is 35.2 Å². The SMILES string of the molecule is CC[C@H](C)[C@H](NC(=O)NC1CCCCNC(=O)C(CC(C)C)NC(=O)[C@H](C)N(C)C(=O)[C@H](CCc2ccc(O)cc2)NC(=O)C(C(C)C)NC1=O)C(=O)O. The van der Waals surface area contributed by atoms with Gasteiger partial charge < -0.3 is 47.0 Å². The Morgan fingerprint density at radius 2 is 1.52 bits per heavy atom. The number of aryl methyl sites for hydroxylation is 1. The first-order valence-electron chi connectivity index (χ1n) is 18.9. The summed E-state index contributed by atoms with van der Waals surface area (Å²) in [5, 5.41) is 35.5. The van der Waals surface area contributed by atoms with Gasteiger partial charge >= 0.3 is 12.0 Å². The number of aliphatic carboxylic acids is 1. The van der Waals surface area contributed by atoms with Crippen molar-refractivity contribution < 1.29 is 43.8 Å². The summed E-state index contributed by atoms with van der Waals surface area (Å²) >= 11 is 0. The number of urea groups is 1. The molecule has 1 aromatic carbocycles. The molecule has 0 saturated carbocycles. The second-order valence-corrected chi connectivity index (χ2v) is 15.0. The lowest BCUT2D eigenvalue weighted by Gasteiger charge is -2.31. The van der Waals surface area contributed by atoms with Gasteiger partial charge in [0.05, 0.1) is 0 Å². The monoisotopic (exact) mass is 759 g/mol. The molecule has 1 aliphatic heterocycles. The number of phenolic OH excluding ortho intramolecular Hbond substituents is 1. The average Bonchev–Trinajstić information content (AvgIpc) is 3.11. The summed E-state index contributed by atoms with van der Waals surface area (Å²) in [5.41, 5.74) is 0.778. The van der Waals surface area contributed by atoms with Crippen LogP contribution in [-0.4, -0.2) is 106 Å². The van der Waals surface area contributed by atoms with E-state index >= 15 is 0 Å². The van der Waals surface area contributed by atoms with Gasteiger partial charge in [-0.25, -0.2) is 9.59 Å². The zero-order valence-corrected chi connectivity index (χ0v) is 32.9. The highest BCUT2D eigenvalue weighted by Crippen LogP contribution is 2.16. The molecule has 0 aromatic heterocycles. The summed E-state index contributed by atoms with van der Waals surface area (Å²) in [6.07, 6.45) is 2.07. The van der Waals surface area contributed by atoms with Crippen LogP contribution in [0, 0.1) is 17.8 Å². The highest BCUT2D eigenvalue weighted by atomic mass is 16.4. The van der Waals surface area contributed by atoms with E-state index in [1.54, 1.807) is 39.8 Å². The normalized spacial score (nSPS) is 23.9. The largest absolute Gasteiger partial charge is 0.508 e. The van der Waals surface area contributed by atoms with Crippen LogP contribution in [0.4, 0.5) is 4.79 Å². The minimum absolute atomic E-state index is 0.0447. The maximum atomic E-state index is 14.0. The van der Waals surface area contributed by atoms with Crippen LogP contribution in [0.2, 0.25) is 0 Å². The highest BCUT2D eigenvalue weighted by Gasteiger charge is 2.35. The van der Waals surface area contributed by atoms with E-state index in [1.165, 1.54) is 31.0 Å². The number of carbonyl (C=O) groups is 7. The standard InChI is InChI=1S/C38H61N7O9/c1-9-23(6)31(37(52)53)44-38(54)42-27-12-10-11-19-39-33(48)29(20-21(2)3)41-32(47)24(7)45(8)36(51)28(18-15-25-13-16-26(46)17-14-25)40-35(50)30(22(4)5)43-34(27)49/h13-14,16-17,21-24,27-31,46H,9-12,15,18-20H2,1-8H3,(H,39,48)(H,40,50)(H,41,47)(H,43,49)(H,52,53)(H2,42,44,54)/t23-,24-,27?,28-,29?,30?,31-/m0/s1. The molecule has 7 amide bonds. The third-order valence-corrected chi connectivity index (χ3v) is 9.77. The van der Waals surface area contributed by atoms with Gasteiger partial charge in [0, 0.05) is 13.6 Å². The number of carboxylic acid groups (broad SMARTS) is 1. The molecule has 1 fully saturated rings. The van der Waals surface area contributed by atoms with Crippen LogP contribution in [0.3, 0.4) is 0 Å². The number of nitrogens with zero attached hydrogens (tertiary/aromatic N) is 1. The molecule has 1 aromatic rings. The number of amides is 7. The number of hydrogen-bond donors (Lipinski definition) is 8. The first kappa shape index (κ1) is 45.3. The molecule has 8 N–H and O–H groups in total. The zero-order valence-electron chi connectivity index (χ0n) is 32.9. The van der Waals surface area contributed by atoms with Crippen molar-refractivity contribution in [2.45, 2.75) is 130 Å². The Balaban J connectivity index is 2.50. The van der Waals surface area contributed by atoms with Gasteiger partial charge in [-0.15, -0.1) is 0 Å². The van der Waals surface area contributed by atoms with Gasteiger partial charge in [-0.05, 0) is 80.9 Å². The Morgan fingerprint density at radius 3 is 2.09 bits per heavy atom. The fourth-order valence-corrected chi connectivity index (χ4v) is 5.99. The molecule has 0 aliphatic carbocycles. The second kappa shape index (κ2) is 21.7. The molecular weight excluding hydrogens is 698 g/mol. The van der Waals surface area contributed by atoms with E-state index in [9.17, 15) is 43.8 Å². The Hall–Kier alpha value is -4.89. The third kappa shape index (κ3) is 14.2. The van der Waals surface area contributed by atoms with Crippen LogP contribution < -0.4 is 31.9 Å². The summed E-state index contributed by atoms with van der Waals surface area (Å²) in [4.78, 5) is 94.7. The predicted octanol–water partition coefficient (Wildman–Crippen LogP) is 1.80. The molecule has 3 unspecified atom stereocenters. The molecule has 16 heteroatoms. The van der Waals surface area contributed by atoms with Crippen molar-refractivity contribution in [1.29, 1.82) is 0 Å². The smallest absolute Gasteiger partial charge is 0.326 e. The fraction of sp³-hybridized carbons (Fsp3) is 0.658. The Morgan fingerprint density at radius 1 is 0.889 bits per heavy atom. The predicted molar refractivity (Wildman–Crippen MR) is 202 cm³/mol. The number of rotatable bonds is 11. The summed E-state index contributed by atoms with van der Waals surface area (Å²) < 4.78 is 0. The molecule has 0 bridgehead atoms. The van der Waals surface area contributed by atoms with Gasteiger partial charge in [-0.2, -0.15) is 0 Å². The van der Waals surface area contributed by atoms with Gasteiger partial charge in [-0.1, -0.05) is 60.1 Å². The molecule has 302 valence electrons. The molecule has 1 saturated heterocycles. The van der Waals surface area contributed by atoms with Crippen molar-refractivity contribution in [3.63, 3.8) is 0 Å². The summed E-state index contributed by atoms with van der Waals surface area (Å²) in [7, 11) is 1.44. The van der Waals surface area contributed by atoms with Crippen molar-refractivity contribution >= 4 is 41.5 Å². The van der Waals surface area contributed by atoms with Gasteiger partial charge in [0.25, 0.3) is 0 Å². The lowest BCUT2D eigenvalue weighted by Crippen LogP contribution is -2.60. The first-order valence-corrected chi connectivity index (χ1v) is 18.9. The average molecular weight is 760 g/mol. The fourth-order valence-electron chi connectivity index (χ4n) is 5.99. The van der Waals surface area contributed by atoms with Gasteiger partial charge in [0.15, 0.2) is 0 Å². The first-order chi connectivity index (χ1) is 25.4. The molecular formula is C38H61N7O9. The number of aromatic hydroxyl groups is 1. The van der Waals surface area contributed by atoms with Gasteiger partial charge in [0.2, 0.25) is 29.5 Å². The molecule has 2 rings (SSSR count). The van der Waals surface area contributed by atoms with Crippen molar-refractivity contribution in [2.75, 3.05) is 13.6 Å². The Bertz CT molecular complexity index is 1450. The van der Waals surface area contributed by atoms with Crippen LogP contribution in [0.15, 0.2) is 24.3 Å². The van der Waals surface area contributed by atoms with E-state index in [2.05, 4.69) is 31.9 Å².